The summed E-state index contributed by atoms with van der Waals surface area (Å²) in [4.78, 5) is 3.18. The minimum atomic E-state index is 0.179. The van der Waals surface area contributed by atoms with Crippen molar-refractivity contribution in [2.45, 2.75) is 44.8 Å². The second kappa shape index (κ2) is 6.06. The van der Waals surface area contributed by atoms with Gasteiger partial charge in [0, 0.05) is 24.5 Å². The van der Waals surface area contributed by atoms with E-state index < -0.39 is 0 Å². The summed E-state index contributed by atoms with van der Waals surface area (Å²) in [7, 11) is 0. The van der Waals surface area contributed by atoms with Crippen molar-refractivity contribution in [1.29, 1.82) is 0 Å². The number of rotatable bonds is 5. The SMILES string of the molecule is C[C@H](OCC[C@H]1CCCCN1)c1ccc[nH]1. The summed E-state index contributed by atoms with van der Waals surface area (Å²) in [6.45, 7) is 4.12. The van der Waals surface area contributed by atoms with Gasteiger partial charge in [0.2, 0.25) is 0 Å². The Morgan fingerprint density at radius 2 is 2.44 bits per heavy atom. The van der Waals surface area contributed by atoms with Gasteiger partial charge in [-0.3, -0.25) is 0 Å². The Morgan fingerprint density at radius 1 is 1.50 bits per heavy atom. The first-order valence-electron chi connectivity index (χ1n) is 6.34. The van der Waals surface area contributed by atoms with E-state index in [0.29, 0.717) is 6.04 Å². The lowest BCUT2D eigenvalue weighted by Crippen LogP contribution is -2.34. The van der Waals surface area contributed by atoms with E-state index in [1.807, 2.05) is 12.3 Å². The lowest BCUT2D eigenvalue weighted by Gasteiger charge is -2.23. The smallest absolute Gasteiger partial charge is 0.0944 e. The zero-order valence-corrected chi connectivity index (χ0v) is 10.0. The van der Waals surface area contributed by atoms with Crippen molar-refractivity contribution < 1.29 is 4.74 Å². The predicted molar refractivity (Wildman–Crippen MR) is 65.4 cm³/mol. The average Bonchev–Trinajstić information content (AvgIpc) is 2.84. The van der Waals surface area contributed by atoms with Crippen LogP contribution in [-0.2, 0) is 4.74 Å². The normalized spacial score (nSPS) is 23.2. The summed E-state index contributed by atoms with van der Waals surface area (Å²) < 4.78 is 5.82. The Hall–Kier alpha value is -0.800. The number of piperidine rings is 1. The molecule has 0 unspecified atom stereocenters. The lowest BCUT2D eigenvalue weighted by molar-refractivity contribution is 0.0549. The molecule has 2 N–H and O–H groups in total. The molecule has 0 saturated carbocycles. The highest BCUT2D eigenvalue weighted by Crippen LogP contribution is 2.16. The van der Waals surface area contributed by atoms with Gasteiger partial charge in [0.1, 0.15) is 0 Å². The molecule has 0 radical (unpaired) electrons. The van der Waals surface area contributed by atoms with Crippen LogP contribution < -0.4 is 5.32 Å². The van der Waals surface area contributed by atoms with Crippen LogP contribution in [0.1, 0.15) is 44.4 Å². The molecular weight excluding hydrogens is 200 g/mol. The summed E-state index contributed by atoms with van der Waals surface area (Å²) in [5, 5.41) is 3.54. The number of hydrogen-bond acceptors (Lipinski definition) is 2. The summed E-state index contributed by atoms with van der Waals surface area (Å²) >= 11 is 0. The van der Waals surface area contributed by atoms with Gasteiger partial charge < -0.3 is 15.0 Å². The molecule has 1 fully saturated rings. The van der Waals surface area contributed by atoms with E-state index >= 15 is 0 Å². The maximum Gasteiger partial charge on any atom is 0.0944 e. The third kappa shape index (κ3) is 3.35. The van der Waals surface area contributed by atoms with Crippen molar-refractivity contribution in [3.05, 3.63) is 24.0 Å². The van der Waals surface area contributed by atoms with E-state index in [1.165, 1.54) is 25.8 Å². The summed E-state index contributed by atoms with van der Waals surface area (Å²) in [5.74, 6) is 0. The van der Waals surface area contributed by atoms with Gasteiger partial charge >= 0.3 is 0 Å². The second-order valence-electron chi connectivity index (χ2n) is 4.57. The first-order chi connectivity index (χ1) is 7.86. The van der Waals surface area contributed by atoms with E-state index in [9.17, 15) is 0 Å². The number of H-pyrrole nitrogens is 1. The molecule has 16 heavy (non-hydrogen) atoms. The largest absolute Gasteiger partial charge is 0.372 e. The number of nitrogens with one attached hydrogen (secondary N) is 2. The molecule has 2 rings (SSSR count). The van der Waals surface area contributed by atoms with Crippen molar-refractivity contribution in [2.75, 3.05) is 13.2 Å². The Labute approximate surface area is 97.6 Å². The van der Waals surface area contributed by atoms with E-state index in [-0.39, 0.29) is 6.10 Å². The molecule has 0 bridgehead atoms. The zero-order chi connectivity index (χ0) is 11.2. The molecule has 0 spiro atoms. The molecule has 0 aromatic carbocycles. The molecule has 3 nitrogen and oxygen atoms in total. The van der Waals surface area contributed by atoms with Crippen molar-refractivity contribution in [2.24, 2.45) is 0 Å². The maximum absolute atomic E-state index is 5.82. The monoisotopic (exact) mass is 222 g/mol. The van der Waals surface area contributed by atoms with Crippen LogP contribution in [0, 0.1) is 0 Å². The third-order valence-corrected chi connectivity index (χ3v) is 3.31. The fourth-order valence-corrected chi connectivity index (χ4v) is 2.24. The lowest BCUT2D eigenvalue weighted by atomic mass is 10.0. The van der Waals surface area contributed by atoms with E-state index in [4.69, 9.17) is 4.74 Å². The van der Waals surface area contributed by atoms with Gasteiger partial charge in [-0.25, -0.2) is 0 Å². The van der Waals surface area contributed by atoms with Crippen LogP contribution in [-0.4, -0.2) is 24.2 Å². The average molecular weight is 222 g/mol. The molecule has 1 aromatic rings. The fourth-order valence-electron chi connectivity index (χ4n) is 2.24. The van der Waals surface area contributed by atoms with Gasteiger partial charge in [0.25, 0.3) is 0 Å². The van der Waals surface area contributed by atoms with Crippen molar-refractivity contribution >= 4 is 0 Å². The van der Waals surface area contributed by atoms with Gasteiger partial charge in [0.05, 0.1) is 6.10 Å². The first kappa shape index (κ1) is 11.7. The predicted octanol–water partition coefficient (Wildman–Crippen LogP) is 2.62. The fraction of sp³-hybridized carbons (Fsp3) is 0.692. The number of hydrogen-bond donors (Lipinski definition) is 2. The summed E-state index contributed by atoms with van der Waals surface area (Å²) in [6, 6.07) is 4.76. The Bertz CT molecular complexity index is 278. The molecule has 1 saturated heterocycles. The molecule has 1 aliphatic heterocycles. The molecule has 90 valence electrons. The highest BCUT2D eigenvalue weighted by atomic mass is 16.5. The topological polar surface area (TPSA) is 37.0 Å². The van der Waals surface area contributed by atoms with Gasteiger partial charge in [-0.1, -0.05) is 6.42 Å². The molecule has 1 aliphatic rings. The molecule has 0 amide bonds. The first-order valence-corrected chi connectivity index (χ1v) is 6.34. The minimum Gasteiger partial charge on any atom is -0.372 e. The van der Waals surface area contributed by atoms with Gasteiger partial charge in [-0.2, -0.15) is 0 Å². The van der Waals surface area contributed by atoms with E-state index in [2.05, 4.69) is 23.3 Å². The Morgan fingerprint density at radius 3 is 3.12 bits per heavy atom. The molecule has 0 aliphatic carbocycles. The molecule has 2 atom stereocenters. The quantitative estimate of drug-likeness (QED) is 0.803. The Balaban J connectivity index is 1.63. The summed E-state index contributed by atoms with van der Waals surface area (Å²) in [6.07, 6.45) is 7.25. The standard InChI is InChI=1S/C13H22N2O/c1-11(13-6-4-9-15-13)16-10-7-12-5-2-3-8-14-12/h4,6,9,11-12,14-15H,2-3,5,7-8,10H2,1H3/t11-,12+/m0/s1. The van der Waals surface area contributed by atoms with Crippen LogP contribution in [0.5, 0.6) is 0 Å². The molecule has 1 aromatic heterocycles. The Kier molecular flexibility index (Phi) is 4.43. The van der Waals surface area contributed by atoms with Crippen LogP contribution in [0.25, 0.3) is 0 Å². The number of ether oxygens (including phenoxy) is 1. The van der Waals surface area contributed by atoms with Crippen LogP contribution in [0.15, 0.2) is 18.3 Å². The molecule has 2 heterocycles. The van der Waals surface area contributed by atoms with Gasteiger partial charge in [-0.15, -0.1) is 0 Å². The second-order valence-corrected chi connectivity index (χ2v) is 4.57. The van der Waals surface area contributed by atoms with Crippen LogP contribution in [0.2, 0.25) is 0 Å². The zero-order valence-electron chi connectivity index (χ0n) is 10.0. The van der Waals surface area contributed by atoms with Crippen molar-refractivity contribution in [3.8, 4) is 0 Å². The minimum absolute atomic E-state index is 0.179. The molecule has 3 heteroatoms. The van der Waals surface area contributed by atoms with Crippen LogP contribution in [0.4, 0.5) is 0 Å². The number of aromatic nitrogens is 1. The highest BCUT2D eigenvalue weighted by Gasteiger charge is 2.13. The highest BCUT2D eigenvalue weighted by molar-refractivity contribution is 5.06. The van der Waals surface area contributed by atoms with E-state index in [0.717, 1.165) is 18.7 Å². The molecular formula is C13H22N2O. The maximum atomic E-state index is 5.82. The van der Waals surface area contributed by atoms with E-state index in [1.54, 1.807) is 0 Å². The summed E-state index contributed by atoms with van der Waals surface area (Å²) in [5.41, 5.74) is 1.16. The van der Waals surface area contributed by atoms with Crippen molar-refractivity contribution in [1.82, 2.24) is 10.3 Å². The third-order valence-electron chi connectivity index (χ3n) is 3.31. The van der Waals surface area contributed by atoms with Crippen LogP contribution >= 0.6 is 0 Å². The van der Waals surface area contributed by atoms with Crippen molar-refractivity contribution in [3.63, 3.8) is 0 Å². The number of aromatic amines is 1. The van der Waals surface area contributed by atoms with Gasteiger partial charge in [0.15, 0.2) is 0 Å². The van der Waals surface area contributed by atoms with Crippen LogP contribution in [0.3, 0.4) is 0 Å². The van der Waals surface area contributed by atoms with Gasteiger partial charge in [-0.05, 0) is 44.9 Å².